The number of hydrogen-bond acceptors (Lipinski definition) is 3. The number of hydrazone groups is 1. The Hall–Kier alpha value is -3.47. The fourth-order valence-electron chi connectivity index (χ4n) is 3.84. The summed E-state index contributed by atoms with van der Waals surface area (Å²) < 4.78 is 0. The van der Waals surface area contributed by atoms with Crippen molar-refractivity contribution in [2.75, 3.05) is 4.90 Å². The largest absolute Gasteiger partial charge is 0.303 e. The molecule has 0 fully saturated rings. The lowest BCUT2D eigenvalue weighted by Crippen LogP contribution is -2.26. The highest BCUT2D eigenvalue weighted by molar-refractivity contribution is 6.24. The number of rotatable bonds is 7. The van der Waals surface area contributed by atoms with E-state index in [-0.39, 0.29) is 11.8 Å². The Balaban J connectivity index is 1.44. The van der Waals surface area contributed by atoms with Crippen LogP contribution in [0.1, 0.15) is 59.9 Å². The van der Waals surface area contributed by atoms with Gasteiger partial charge in [-0.05, 0) is 60.9 Å². The highest BCUT2D eigenvalue weighted by Gasteiger charge is 2.29. The minimum atomic E-state index is -0.232. The smallest absolute Gasteiger partial charge is 0.271 e. The molecular formula is C26H27N3O2. The van der Waals surface area contributed by atoms with E-state index in [0.29, 0.717) is 18.0 Å². The highest BCUT2D eigenvalue weighted by Crippen LogP contribution is 2.37. The van der Waals surface area contributed by atoms with Crippen LogP contribution in [-0.4, -0.2) is 17.5 Å². The minimum Gasteiger partial charge on any atom is -0.303 e. The Bertz CT molecular complexity index is 1160. The fourth-order valence-corrected chi connectivity index (χ4v) is 3.84. The van der Waals surface area contributed by atoms with E-state index in [0.717, 1.165) is 46.1 Å². The molecule has 3 aromatic carbocycles. The molecule has 5 heteroatoms. The first kappa shape index (κ1) is 20.8. The van der Waals surface area contributed by atoms with Gasteiger partial charge in [0.1, 0.15) is 0 Å². The quantitative estimate of drug-likeness (QED) is 0.408. The summed E-state index contributed by atoms with van der Waals surface area (Å²) >= 11 is 0. The molecular weight excluding hydrogens is 386 g/mol. The first-order valence-corrected chi connectivity index (χ1v) is 10.7. The molecule has 3 aromatic rings. The van der Waals surface area contributed by atoms with Crippen LogP contribution in [0.2, 0.25) is 0 Å². The van der Waals surface area contributed by atoms with Crippen LogP contribution in [0.25, 0.3) is 10.8 Å². The van der Waals surface area contributed by atoms with E-state index in [4.69, 9.17) is 0 Å². The second-order valence-electron chi connectivity index (χ2n) is 8.49. The van der Waals surface area contributed by atoms with Gasteiger partial charge in [0.15, 0.2) is 0 Å². The molecule has 1 N–H and O–H groups in total. The van der Waals surface area contributed by atoms with E-state index >= 15 is 0 Å². The normalized spacial score (nSPS) is 13.4. The molecule has 158 valence electrons. The van der Waals surface area contributed by atoms with Crippen LogP contribution in [0.3, 0.4) is 0 Å². The number of benzene rings is 3. The Morgan fingerprint density at radius 2 is 1.74 bits per heavy atom. The Labute approximate surface area is 182 Å². The minimum absolute atomic E-state index is 0.0137. The summed E-state index contributed by atoms with van der Waals surface area (Å²) in [6.07, 6.45) is 1.92. The van der Waals surface area contributed by atoms with Gasteiger partial charge in [0.05, 0.1) is 12.2 Å². The molecule has 31 heavy (non-hydrogen) atoms. The van der Waals surface area contributed by atoms with E-state index in [2.05, 4.69) is 24.4 Å². The van der Waals surface area contributed by atoms with Gasteiger partial charge >= 0.3 is 0 Å². The lowest BCUT2D eigenvalue weighted by atomic mass is 10.1. The summed E-state index contributed by atoms with van der Waals surface area (Å²) in [4.78, 5) is 27.1. The molecule has 0 saturated carbocycles. The number of carbonyl (C=O) groups is 2. The SMILES string of the molecule is C/C(CCC(C)C)=N\NC(=O)c1ccc(CN2C(=O)c3cccc4cccc2c34)cc1. The highest BCUT2D eigenvalue weighted by atomic mass is 16.2. The van der Waals surface area contributed by atoms with Crippen molar-refractivity contribution in [1.82, 2.24) is 5.43 Å². The lowest BCUT2D eigenvalue weighted by molar-refractivity contribution is 0.0952. The third kappa shape index (κ3) is 4.36. The van der Waals surface area contributed by atoms with Crippen molar-refractivity contribution >= 4 is 34.0 Å². The zero-order valence-corrected chi connectivity index (χ0v) is 18.2. The predicted octanol–water partition coefficient (Wildman–Crippen LogP) is 5.54. The molecule has 1 heterocycles. The first-order valence-electron chi connectivity index (χ1n) is 10.7. The van der Waals surface area contributed by atoms with Crippen molar-refractivity contribution in [3.8, 4) is 0 Å². The molecule has 1 aliphatic heterocycles. The number of hydrogen-bond donors (Lipinski definition) is 1. The number of anilines is 1. The standard InChI is InChI=1S/C26H27N3O2/c1-17(2)10-11-18(3)27-28-25(30)21-14-12-19(13-15-21)16-29-23-9-5-7-20-6-4-8-22(24(20)23)26(29)31/h4-9,12-15,17H,10-11,16H2,1-3H3,(H,28,30)/b27-18+. The average Bonchev–Trinajstić information content (AvgIpc) is 3.04. The van der Waals surface area contributed by atoms with Crippen LogP contribution in [0.15, 0.2) is 65.8 Å². The molecule has 0 saturated heterocycles. The van der Waals surface area contributed by atoms with Gasteiger partial charge in [-0.3, -0.25) is 9.59 Å². The lowest BCUT2D eigenvalue weighted by Gasteiger charge is -2.18. The summed E-state index contributed by atoms with van der Waals surface area (Å²) in [6, 6.07) is 19.1. The molecule has 4 rings (SSSR count). The maximum Gasteiger partial charge on any atom is 0.271 e. The van der Waals surface area contributed by atoms with Crippen molar-refractivity contribution < 1.29 is 9.59 Å². The third-order valence-corrected chi connectivity index (χ3v) is 5.64. The predicted molar refractivity (Wildman–Crippen MR) is 126 cm³/mol. The summed E-state index contributed by atoms with van der Waals surface area (Å²) in [5, 5.41) is 6.28. The maximum absolute atomic E-state index is 12.9. The van der Waals surface area contributed by atoms with Gasteiger partial charge in [0, 0.05) is 22.2 Å². The fraction of sp³-hybridized carbons (Fsp3) is 0.269. The van der Waals surface area contributed by atoms with Crippen LogP contribution in [0, 0.1) is 5.92 Å². The molecule has 0 atom stereocenters. The number of carbonyl (C=O) groups excluding carboxylic acids is 2. The molecule has 0 bridgehead atoms. The Morgan fingerprint density at radius 3 is 2.45 bits per heavy atom. The molecule has 0 aliphatic carbocycles. The van der Waals surface area contributed by atoms with E-state index in [1.165, 1.54) is 0 Å². The van der Waals surface area contributed by atoms with Gasteiger partial charge in [-0.2, -0.15) is 5.10 Å². The summed E-state index contributed by atoms with van der Waals surface area (Å²) in [5.74, 6) is 0.389. The van der Waals surface area contributed by atoms with E-state index in [1.807, 2.05) is 55.5 Å². The average molecular weight is 414 g/mol. The summed E-state index contributed by atoms with van der Waals surface area (Å²) in [6.45, 7) is 6.73. The van der Waals surface area contributed by atoms with Gasteiger partial charge < -0.3 is 4.90 Å². The topological polar surface area (TPSA) is 61.8 Å². The monoisotopic (exact) mass is 413 g/mol. The second kappa shape index (κ2) is 8.72. The zero-order chi connectivity index (χ0) is 22.0. The van der Waals surface area contributed by atoms with Crippen LogP contribution < -0.4 is 10.3 Å². The summed E-state index contributed by atoms with van der Waals surface area (Å²) in [7, 11) is 0. The van der Waals surface area contributed by atoms with Gasteiger partial charge in [-0.1, -0.05) is 50.2 Å². The Morgan fingerprint density at radius 1 is 1.03 bits per heavy atom. The zero-order valence-electron chi connectivity index (χ0n) is 18.2. The van der Waals surface area contributed by atoms with Gasteiger partial charge in [-0.15, -0.1) is 0 Å². The number of nitrogens with one attached hydrogen (secondary N) is 1. The molecule has 0 unspecified atom stereocenters. The van der Waals surface area contributed by atoms with E-state index in [1.54, 1.807) is 17.0 Å². The van der Waals surface area contributed by atoms with Crippen molar-refractivity contribution in [3.05, 3.63) is 77.4 Å². The van der Waals surface area contributed by atoms with Crippen LogP contribution in [-0.2, 0) is 6.54 Å². The molecule has 1 aliphatic rings. The van der Waals surface area contributed by atoms with Gasteiger partial charge in [-0.25, -0.2) is 5.43 Å². The second-order valence-corrected chi connectivity index (χ2v) is 8.49. The van der Waals surface area contributed by atoms with E-state index in [9.17, 15) is 9.59 Å². The number of nitrogens with zero attached hydrogens (tertiary/aromatic N) is 2. The molecule has 0 spiro atoms. The Kier molecular flexibility index (Phi) is 5.85. The molecule has 0 radical (unpaired) electrons. The third-order valence-electron chi connectivity index (χ3n) is 5.64. The first-order chi connectivity index (χ1) is 14.9. The van der Waals surface area contributed by atoms with Gasteiger partial charge in [0.25, 0.3) is 11.8 Å². The van der Waals surface area contributed by atoms with Crippen LogP contribution in [0.4, 0.5) is 5.69 Å². The maximum atomic E-state index is 12.9. The van der Waals surface area contributed by atoms with Crippen molar-refractivity contribution in [2.24, 2.45) is 11.0 Å². The van der Waals surface area contributed by atoms with Crippen molar-refractivity contribution in [1.29, 1.82) is 0 Å². The molecule has 0 aromatic heterocycles. The van der Waals surface area contributed by atoms with Crippen molar-refractivity contribution in [2.45, 2.75) is 40.2 Å². The molecule has 2 amide bonds. The van der Waals surface area contributed by atoms with E-state index < -0.39 is 0 Å². The molecule has 5 nitrogen and oxygen atoms in total. The van der Waals surface area contributed by atoms with Crippen LogP contribution in [0.5, 0.6) is 0 Å². The van der Waals surface area contributed by atoms with Crippen molar-refractivity contribution in [3.63, 3.8) is 0 Å². The number of amides is 2. The van der Waals surface area contributed by atoms with Gasteiger partial charge in [0.2, 0.25) is 0 Å². The van der Waals surface area contributed by atoms with Crippen LogP contribution >= 0.6 is 0 Å². The summed E-state index contributed by atoms with van der Waals surface area (Å²) in [5.41, 5.74) is 6.74.